The predicted octanol–water partition coefficient (Wildman–Crippen LogP) is 4.91. The Bertz CT molecular complexity index is 688. The molecule has 0 unspecified atom stereocenters. The number of anilines is 1. The molecule has 2 aromatic rings. The molecule has 0 saturated heterocycles. The van der Waals surface area contributed by atoms with Gasteiger partial charge in [0.25, 0.3) is 0 Å². The maximum atomic E-state index is 11.9. The first-order chi connectivity index (χ1) is 11.7. The second kappa shape index (κ2) is 8.15. The highest BCUT2D eigenvalue weighted by Gasteiger charge is 2.18. The molecule has 6 heteroatoms. The number of hydrogen-bond donors (Lipinski definition) is 1. The second-order valence-electron chi connectivity index (χ2n) is 5.71. The van der Waals surface area contributed by atoms with Crippen molar-refractivity contribution in [3.8, 4) is 5.75 Å². The van der Waals surface area contributed by atoms with Crippen molar-refractivity contribution in [2.45, 2.75) is 38.4 Å². The van der Waals surface area contributed by atoms with E-state index < -0.39 is 6.09 Å². The van der Waals surface area contributed by atoms with Gasteiger partial charge in [-0.25, -0.2) is 9.78 Å². The minimum Gasteiger partial charge on any atom is -0.489 e. The lowest BCUT2D eigenvalue weighted by atomic mass is 10.2. The molecule has 3 rings (SSSR count). The van der Waals surface area contributed by atoms with Gasteiger partial charge in [0.15, 0.2) is 0 Å². The minimum absolute atomic E-state index is 0.217. The van der Waals surface area contributed by atoms with Gasteiger partial charge < -0.3 is 9.47 Å². The van der Waals surface area contributed by atoms with E-state index in [4.69, 9.17) is 9.47 Å². The average Bonchev–Trinajstić information content (AvgIpc) is 3.10. The molecule has 1 aliphatic carbocycles. The van der Waals surface area contributed by atoms with E-state index in [1.165, 1.54) is 12.8 Å². The van der Waals surface area contributed by atoms with Crippen LogP contribution < -0.4 is 10.1 Å². The van der Waals surface area contributed by atoms with Gasteiger partial charge in [-0.05, 0) is 47.2 Å². The maximum Gasteiger partial charge on any atom is 0.413 e. The number of ether oxygens (including phenoxy) is 2. The topological polar surface area (TPSA) is 60.5 Å². The number of carbonyl (C=O) groups is 1. The average molecular weight is 391 g/mol. The smallest absolute Gasteiger partial charge is 0.413 e. The number of nitrogens with zero attached hydrogens (tertiary/aromatic N) is 1. The third-order valence-electron chi connectivity index (χ3n) is 3.86. The van der Waals surface area contributed by atoms with Crippen molar-refractivity contribution < 1.29 is 14.3 Å². The zero-order valence-electron chi connectivity index (χ0n) is 13.2. The molecule has 0 bridgehead atoms. The highest BCUT2D eigenvalue weighted by atomic mass is 79.9. The first kappa shape index (κ1) is 16.8. The first-order valence-electron chi connectivity index (χ1n) is 8.00. The predicted molar refractivity (Wildman–Crippen MR) is 95.1 cm³/mol. The third kappa shape index (κ3) is 4.71. The molecule has 1 heterocycles. The van der Waals surface area contributed by atoms with Crippen molar-refractivity contribution in [1.82, 2.24) is 4.98 Å². The van der Waals surface area contributed by atoms with Crippen LogP contribution in [0, 0.1) is 0 Å². The Morgan fingerprint density at radius 3 is 2.75 bits per heavy atom. The summed E-state index contributed by atoms with van der Waals surface area (Å²) >= 11 is 3.43. The van der Waals surface area contributed by atoms with Crippen LogP contribution >= 0.6 is 15.9 Å². The summed E-state index contributed by atoms with van der Waals surface area (Å²) in [4.78, 5) is 16.1. The molecule has 1 aliphatic rings. The number of carbonyl (C=O) groups excluding carboxylic acids is 1. The van der Waals surface area contributed by atoms with Gasteiger partial charge in [0.1, 0.15) is 18.2 Å². The van der Waals surface area contributed by atoms with Gasteiger partial charge in [-0.15, -0.1) is 0 Å². The van der Waals surface area contributed by atoms with E-state index in [2.05, 4.69) is 26.2 Å². The summed E-state index contributed by atoms with van der Waals surface area (Å²) in [5, 5.41) is 2.63. The Morgan fingerprint density at radius 1 is 1.25 bits per heavy atom. The number of benzene rings is 1. The lowest BCUT2D eigenvalue weighted by molar-refractivity contribution is 0.155. The summed E-state index contributed by atoms with van der Waals surface area (Å²) < 4.78 is 11.9. The quantitative estimate of drug-likeness (QED) is 0.787. The number of pyridine rings is 1. The molecule has 1 saturated carbocycles. The van der Waals surface area contributed by atoms with E-state index >= 15 is 0 Å². The van der Waals surface area contributed by atoms with E-state index in [9.17, 15) is 4.79 Å². The molecule has 1 aromatic heterocycles. The number of amides is 1. The van der Waals surface area contributed by atoms with Gasteiger partial charge in [-0.2, -0.15) is 0 Å². The molecular weight excluding hydrogens is 372 g/mol. The zero-order chi connectivity index (χ0) is 16.8. The summed E-state index contributed by atoms with van der Waals surface area (Å²) in [7, 11) is 0. The SMILES string of the molecule is O=C(Nc1cc(OC2CCCC2)c(Br)cn1)OCc1ccccc1. The minimum atomic E-state index is -0.541. The highest BCUT2D eigenvalue weighted by molar-refractivity contribution is 9.10. The number of hydrogen-bond acceptors (Lipinski definition) is 4. The maximum absolute atomic E-state index is 11.9. The van der Waals surface area contributed by atoms with E-state index in [0.717, 1.165) is 22.9 Å². The molecule has 0 aliphatic heterocycles. The molecule has 126 valence electrons. The van der Waals surface area contributed by atoms with E-state index in [-0.39, 0.29) is 12.7 Å². The van der Waals surface area contributed by atoms with Crippen molar-refractivity contribution in [2.75, 3.05) is 5.32 Å². The van der Waals surface area contributed by atoms with Gasteiger partial charge >= 0.3 is 6.09 Å². The molecular formula is C18H19BrN2O3. The van der Waals surface area contributed by atoms with E-state index in [1.807, 2.05) is 30.3 Å². The van der Waals surface area contributed by atoms with Crippen molar-refractivity contribution in [2.24, 2.45) is 0 Å². The molecule has 0 atom stereocenters. The Hall–Kier alpha value is -2.08. The van der Waals surface area contributed by atoms with Crippen LogP contribution in [-0.4, -0.2) is 17.2 Å². The standard InChI is InChI=1S/C18H19BrN2O3/c19-15-11-20-17(10-16(15)24-14-8-4-5-9-14)21-18(22)23-12-13-6-2-1-3-7-13/h1-3,6-7,10-11,14H,4-5,8-9,12H2,(H,20,21,22). The molecule has 0 spiro atoms. The van der Waals surface area contributed by atoms with Crippen LogP contribution in [0.3, 0.4) is 0 Å². The van der Waals surface area contributed by atoms with Gasteiger partial charge in [-0.3, -0.25) is 5.32 Å². The molecule has 1 fully saturated rings. The number of aromatic nitrogens is 1. The van der Waals surface area contributed by atoms with E-state index in [0.29, 0.717) is 11.6 Å². The summed E-state index contributed by atoms with van der Waals surface area (Å²) in [5.41, 5.74) is 0.932. The van der Waals surface area contributed by atoms with Crippen LogP contribution in [0.2, 0.25) is 0 Å². The summed E-state index contributed by atoms with van der Waals surface area (Å²) in [6.45, 7) is 0.217. The van der Waals surface area contributed by atoms with Crippen LogP contribution in [0.4, 0.5) is 10.6 Å². The largest absolute Gasteiger partial charge is 0.489 e. The van der Waals surface area contributed by atoms with Gasteiger partial charge in [0.2, 0.25) is 0 Å². The van der Waals surface area contributed by atoms with Gasteiger partial charge in [-0.1, -0.05) is 30.3 Å². The summed E-state index contributed by atoms with van der Waals surface area (Å²) in [5.74, 6) is 1.10. The van der Waals surface area contributed by atoms with Crippen molar-refractivity contribution in [3.05, 3.63) is 52.6 Å². The zero-order valence-corrected chi connectivity index (χ0v) is 14.8. The highest BCUT2D eigenvalue weighted by Crippen LogP contribution is 2.31. The molecule has 1 N–H and O–H groups in total. The van der Waals surface area contributed by atoms with Gasteiger partial charge in [0.05, 0.1) is 10.6 Å². The van der Waals surface area contributed by atoms with Crippen molar-refractivity contribution in [3.63, 3.8) is 0 Å². The molecule has 0 radical (unpaired) electrons. The van der Waals surface area contributed by atoms with Crippen LogP contribution in [-0.2, 0) is 11.3 Å². The van der Waals surface area contributed by atoms with Crippen LogP contribution in [0.5, 0.6) is 5.75 Å². The fraction of sp³-hybridized carbons (Fsp3) is 0.333. The van der Waals surface area contributed by atoms with Crippen LogP contribution in [0.1, 0.15) is 31.2 Å². The Balaban J connectivity index is 1.56. The van der Waals surface area contributed by atoms with Crippen LogP contribution in [0.15, 0.2) is 47.1 Å². The fourth-order valence-electron chi connectivity index (χ4n) is 2.63. The third-order valence-corrected chi connectivity index (χ3v) is 4.45. The fourth-order valence-corrected chi connectivity index (χ4v) is 2.94. The Kier molecular flexibility index (Phi) is 5.69. The van der Waals surface area contributed by atoms with Crippen molar-refractivity contribution >= 4 is 27.8 Å². The number of rotatable bonds is 5. The second-order valence-corrected chi connectivity index (χ2v) is 6.57. The molecule has 24 heavy (non-hydrogen) atoms. The number of halogens is 1. The number of nitrogens with one attached hydrogen (secondary N) is 1. The summed E-state index contributed by atoms with van der Waals surface area (Å²) in [6, 6.07) is 11.2. The summed E-state index contributed by atoms with van der Waals surface area (Å²) in [6.07, 6.45) is 5.85. The Labute approximate surface area is 149 Å². The Morgan fingerprint density at radius 2 is 2.00 bits per heavy atom. The van der Waals surface area contributed by atoms with Crippen LogP contribution in [0.25, 0.3) is 0 Å². The van der Waals surface area contributed by atoms with Gasteiger partial charge in [0, 0.05) is 12.3 Å². The molecule has 1 aromatic carbocycles. The van der Waals surface area contributed by atoms with Crippen molar-refractivity contribution in [1.29, 1.82) is 0 Å². The normalized spacial score (nSPS) is 14.4. The van der Waals surface area contributed by atoms with E-state index in [1.54, 1.807) is 12.3 Å². The molecule has 5 nitrogen and oxygen atoms in total. The molecule has 1 amide bonds. The lowest BCUT2D eigenvalue weighted by Gasteiger charge is -2.15. The lowest BCUT2D eigenvalue weighted by Crippen LogP contribution is -2.15. The monoisotopic (exact) mass is 390 g/mol. The first-order valence-corrected chi connectivity index (χ1v) is 8.80.